The first kappa shape index (κ1) is 51.3. The van der Waals surface area contributed by atoms with Crippen molar-refractivity contribution >= 4 is 75.0 Å². The Bertz CT molecular complexity index is 4360. The minimum absolute atomic E-state index is 0. The predicted molar refractivity (Wildman–Crippen MR) is 426 cm³/mol. The van der Waals surface area contributed by atoms with E-state index < -0.39 is 35.1 Å². The van der Waals surface area contributed by atoms with Gasteiger partial charge in [0.15, 0.2) is 11.6 Å². The van der Waals surface area contributed by atoms with Crippen molar-refractivity contribution in [2.24, 2.45) is 4.99 Å². The number of ketones is 1. The molecule has 13 nitrogen and oxygen atoms in total. The number of ether oxygens (including phenoxy) is 2. The number of rotatable bonds is 14. The summed E-state index contributed by atoms with van der Waals surface area (Å²) in [6.07, 6.45) is 6.51. The van der Waals surface area contributed by atoms with Gasteiger partial charge in [-0.1, -0.05) is 181 Å². The number of nitrogen functional groups attached to an aromatic ring is 1. The van der Waals surface area contributed by atoms with E-state index in [0.717, 1.165) is 56.0 Å². The first-order valence-corrected chi connectivity index (χ1v) is 31.0. The van der Waals surface area contributed by atoms with Gasteiger partial charge in [-0.3, -0.25) is 20.0 Å². The standard InChI is InChI=1S/C20H16F2N2.C15H13F2NO2.C13H11N.C7H6ClF2N.C7H6ClNO.C7H5ClO2.C7H8F2N2.24H2/c1-20(21,22)17-12-13-23-18(14-17)24-19(15-8-4-2-5-9-15)16-10-6-3-7-11-16;1-15(16,17)11-7-8-18-12(9-11)10-14(19)20-13-5-3-2-4-6-13;14-13(11-7-3-1-4-8-11)12-9-5-2-6-10-12;1-7(9,10)5-2-3-11-6(8)4-5;1-5(10)6-2-3-9-7(8)4-6;8-7(9)10-6-4-2-1-3-5-6;1-7(8,9)5-2-3-11-6(10)4-5;;;;;;;;;;;;;;;;;;;;;;;;/h2-14H,1H3;2-9H,10H2,1H3;1-10,14H;2-4H,1H3;2-4H,1H3;1-5H;2-4H,1H3,(H2,10,11);24*1H/i;;;;;;;23*1+1D;1+1. The van der Waals surface area contributed by atoms with Crippen LogP contribution in [0.5, 0.6) is 11.5 Å². The molecule has 24 heteroatoms. The molecule has 0 bridgehead atoms. The number of pyridine rings is 5. The smallest absolute Gasteiger partial charge is 0.409 e. The van der Waals surface area contributed by atoms with E-state index in [1.165, 1.54) is 80.4 Å². The number of esters is 1. The van der Waals surface area contributed by atoms with E-state index in [0.29, 0.717) is 33.6 Å². The van der Waals surface area contributed by atoms with Gasteiger partial charge in [0, 0.05) is 179 Å². The molecule has 0 fully saturated rings. The minimum atomic E-state index is -2.96. The van der Waals surface area contributed by atoms with Crippen LogP contribution in [0.4, 0.5) is 51.6 Å². The van der Waals surface area contributed by atoms with E-state index >= 15 is 0 Å². The molecular weight excluding hydrogens is 1360 g/mol. The van der Waals surface area contributed by atoms with Gasteiger partial charge in [0.1, 0.15) is 27.6 Å². The minimum Gasteiger partial charge on any atom is -0.426 e. The van der Waals surface area contributed by atoms with Gasteiger partial charge in [0.25, 0.3) is 23.7 Å². The molecule has 5 aromatic heterocycles. The molecule has 0 radical (unpaired) electrons. The summed E-state index contributed by atoms with van der Waals surface area (Å²) in [6.45, 7) is 4.80. The van der Waals surface area contributed by atoms with Crippen LogP contribution in [0.25, 0.3) is 0 Å². The van der Waals surface area contributed by atoms with Crippen LogP contribution in [-0.4, -0.2) is 53.5 Å². The Kier molecular flexibility index (Phi) is 20.3. The summed E-state index contributed by atoms with van der Waals surface area (Å²) in [4.78, 5) is 56.0. The number of anilines is 1. The van der Waals surface area contributed by atoms with Crippen LogP contribution in [-0.2, 0) is 34.9 Å². The number of para-hydroxylation sites is 2. The third kappa shape index (κ3) is 29.9. The monoisotopic (exact) mass is 1520 g/mol. The van der Waals surface area contributed by atoms with Gasteiger partial charge in [0.2, 0.25) is 0 Å². The maximum absolute atomic E-state index is 13.5. The van der Waals surface area contributed by atoms with Gasteiger partial charge < -0.3 is 15.2 Å². The first-order chi connectivity index (χ1) is 70.3. The predicted octanol–water partition coefficient (Wildman–Crippen LogP) is 26.7. The maximum Gasteiger partial charge on any atom is 0.409 e. The Hall–Kier alpha value is -10.9. The van der Waals surface area contributed by atoms with Crippen molar-refractivity contribution in [2.45, 2.75) is 64.7 Å². The second-order valence-electron chi connectivity index (χ2n) is 21.2. The maximum atomic E-state index is 13.5. The average Bonchev–Trinajstić information content (AvgIpc) is 0.821. The van der Waals surface area contributed by atoms with Crippen molar-refractivity contribution in [2.75, 3.05) is 5.73 Å². The van der Waals surface area contributed by atoms with E-state index in [9.17, 15) is 49.5 Å². The van der Waals surface area contributed by atoms with Crippen molar-refractivity contribution in [1.82, 2.24) is 24.9 Å². The van der Waals surface area contributed by atoms with Crippen molar-refractivity contribution in [1.29, 1.82) is 5.41 Å². The molecule has 0 amide bonds. The molecule has 0 aliphatic heterocycles. The summed E-state index contributed by atoms with van der Waals surface area (Å²) in [6, 6.07) is 69.0. The number of nitrogens with zero attached hydrogens (tertiary/aromatic N) is 6. The van der Waals surface area contributed by atoms with Gasteiger partial charge >= 0.3 is 11.4 Å². The molecular formula is C76H113Cl3F8N8O5. The van der Waals surface area contributed by atoms with Crippen LogP contribution in [0.1, 0.15) is 165 Å². The fourth-order valence-corrected chi connectivity index (χ4v) is 8.42. The Balaban J connectivity index is -0.0000000674. The quantitative estimate of drug-likeness (QED) is 0.0200. The zero-order valence-electron chi connectivity index (χ0n) is 100. The van der Waals surface area contributed by atoms with Gasteiger partial charge in [0.05, 0.1) is 23.5 Å². The lowest BCUT2D eigenvalue weighted by Crippen LogP contribution is -2.14. The number of Topliss-reactive ketones (excluding diaryl/α,β-unsaturated/α-hetero) is 1. The van der Waals surface area contributed by atoms with Gasteiger partial charge in [-0.15, -0.1) is 0 Å². The number of alkyl halides is 8. The fourth-order valence-electron chi connectivity index (χ4n) is 7.98. The number of halogens is 11. The second kappa shape index (κ2) is 39.5. The van der Waals surface area contributed by atoms with Crippen molar-refractivity contribution in [3.63, 3.8) is 0 Å². The third-order valence-electron chi connectivity index (χ3n) is 12.9. The van der Waals surface area contributed by atoms with Crippen molar-refractivity contribution < 1.29 is 129 Å². The highest BCUT2D eigenvalue weighted by atomic mass is 35.5. The SMILES string of the molecule is CC(=O)c1ccnc(Cl)c1.CC(F)(F)c1ccnc(CC(=O)Oc2ccccc2)c1.CC(F)(F)c1ccnc(Cl)c1.CC(F)(F)c1ccnc(N)c1.CC(F)(F)c1ccnc(N=C(c2ccccc2)c2ccccc2)c1.N=C(c1ccccc1)c1ccccc1.O=C(Cl)Oc1ccccc1.[2HH].[2H][2H].[2H][2H].[2H][2H].[2H][2H].[2H][2H].[2H][2H].[2H][2H].[2H][2H].[2H][2H].[2H][2H].[2H][2H].[2H][2H].[2H][2H].[2H][2H].[2H][2H].[2H][2H].[2H][2H].[2H][2H].[2H][2H].[2H][2H].[2H][2H].[2H][2H].[2H][2H]. The molecule has 0 unspecified atom stereocenters. The molecule has 11 aromatic rings. The lowest BCUT2D eigenvalue weighted by atomic mass is 10.0. The number of aromatic nitrogens is 5. The van der Waals surface area contributed by atoms with Gasteiger partial charge in [-0.2, -0.15) is 0 Å². The Morgan fingerprint density at radius 1 is 0.450 bits per heavy atom. The van der Waals surface area contributed by atoms with Crippen LogP contribution in [0.15, 0.2) is 279 Å². The lowest BCUT2D eigenvalue weighted by Gasteiger charge is -2.11. The lowest BCUT2D eigenvalue weighted by molar-refractivity contribution is -0.133. The summed E-state index contributed by atoms with van der Waals surface area (Å²) in [5.41, 5.74) is 9.75. The number of nitrogens with two attached hydrogens (primary N) is 1. The largest absolute Gasteiger partial charge is 0.426 e. The Morgan fingerprint density at radius 3 is 1.17 bits per heavy atom. The zero-order valence-corrected chi connectivity index (χ0v) is 56.4. The third-order valence-corrected chi connectivity index (χ3v) is 13.4. The molecule has 3 N–H and O–H groups in total. The molecule has 564 valence electrons. The molecule has 6 aromatic carbocycles. The molecule has 0 spiro atoms. The first-order valence-electron chi connectivity index (χ1n) is 52.8. The van der Waals surface area contributed by atoms with Crippen molar-refractivity contribution in [3.05, 3.63) is 340 Å². The highest BCUT2D eigenvalue weighted by Gasteiger charge is 2.27. The van der Waals surface area contributed by atoms with Gasteiger partial charge in [-0.05, 0) is 103 Å². The zero-order chi connectivity index (χ0) is 119. The number of carbonyl (C=O) groups excluding carboxylic acids is 3. The number of aliphatic imine (C=N–C) groups is 1. The Morgan fingerprint density at radius 2 is 0.800 bits per heavy atom. The van der Waals surface area contributed by atoms with Crippen LogP contribution in [0.2, 0.25) is 10.3 Å². The normalized spacial score (nSPS) is 12.5. The second-order valence-corrected chi connectivity index (χ2v) is 22.3. The molecule has 100 heavy (non-hydrogen) atoms. The molecule has 0 aliphatic carbocycles. The molecule has 0 saturated heterocycles. The van der Waals surface area contributed by atoms with E-state index in [4.69, 9.17) is 119 Å². The van der Waals surface area contributed by atoms with Crippen LogP contribution < -0.4 is 15.2 Å². The summed E-state index contributed by atoms with van der Waals surface area (Å²) < 4.78 is 343. The molecule has 0 atom stereocenters. The summed E-state index contributed by atoms with van der Waals surface area (Å²) >= 11 is 15.9. The number of hydrogen-bond donors (Lipinski definition) is 2. The fraction of sp³-hybridized carbons (Fsp3) is 0.132. The number of benzene rings is 6. The molecule has 0 saturated carbocycles. The molecule has 11 rings (SSSR count). The topological polar surface area (TPSA) is 196 Å². The van der Waals surface area contributed by atoms with Gasteiger partial charge in [-0.25, -0.2) is 64.8 Å². The highest BCUT2D eigenvalue weighted by Crippen LogP contribution is 2.31. The van der Waals surface area contributed by atoms with Crippen molar-refractivity contribution in [3.8, 4) is 11.5 Å². The highest BCUT2D eigenvalue weighted by molar-refractivity contribution is 6.61. The average molecular weight is 1520 g/mol. The van der Waals surface area contributed by atoms with Crippen LogP contribution in [0.3, 0.4) is 0 Å². The van der Waals surface area contributed by atoms with E-state index in [-0.39, 0.29) is 58.4 Å². The van der Waals surface area contributed by atoms with E-state index in [1.54, 1.807) is 66.7 Å². The molecule has 5 heterocycles. The molecule has 0 aliphatic rings. The van der Waals surface area contributed by atoms with Crippen LogP contribution >= 0.6 is 34.8 Å². The number of hydrogen-bond acceptors (Lipinski definition) is 13. The number of carbonyl (C=O) groups is 3. The number of nitrogens with one attached hydrogen (secondary N) is 1. The summed E-state index contributed by atoms with van der Waals surface area (Å²) in [7, 11) is 0. The van der Waals surface area contributed by atoms with E-state index in [1.807, 2.05) is 127 Å². The summed E-state index contributed by atoms with van der Waals surface area (Å²) in [5, 5.41) is 8.41. The Labute approximate surface area is 660 Å². The van der Waals surface area contributed by atoms with E-state index in [2.05, 4.69) is 34.6 Å². The van der Waals surface area contributed by atoms with Crippen LogP contribution in [0, 0.1) is 5.41 Å². The summed E-state index contributed by atoms with van der Waals surface area (Å²) in [5.74, 6) is -10.8.